The molecule has 1 heterocycles. The maximum Gasteiger partial charge on any atom is 0.296 e. The lowest BCUT2D eigenvalue weighted by molar-refractivity contribution is -0.384. The number of aryl methyl sites for hydroxylation is 1. The maximum absolute atomic E-state index is 14.0. The summed E-state index contributed by atoms with van der Waals surface area (Å²) >= 11 is 6.27. The summed E-state index contributed by atoms with van der Waals surface area (Å²) < 4.78 is 20.0. The maximum atomic E-state index is 14.0. The molecule has 2 aliphatic rings. The van der Waals surface area contributed by atoms with Crippen LogP contribution >= 0.6 is 11.6 Å². The predicted molar refractivity (Wildman–Crippen MR) is 153 cm³/mol. The molecule has 0 radical (unpaired) electrons. The minimum atomic E-state index is -0.783. The van der Waals surface area contributed by atoms with Crippen molar-refractivity contribution in [3.8, 4) is 11.8 Å². The fourth-order valence-electron chi connectivity index (χ4n) is 5.64. The number of anilines is 1. The summed E-state index contributed by atoms with van der Waals surface area (Å²) in [6, 6.07) is 16.4. The highest BCUT2D eigenvalue weighted by atomic mass is 35.5. The third-order valence-electron chi connectivity index (χ3n) is 7.52. The molecule has 3 aromatic carbocycles. The Bertz CT molecular complexity index is 1710. The largest absolute Gasteiger partial charge is 0.487 e. The van der Waals surface area contributed by atoms with E-state index in [0.717, 1.165) is 34.4 Å². The first-order chi connectivity index (χ1) is 19.6. The number of nitriles is 1. The first-order valence-electron chi connectivity index (χ1n) is 13.0. The highest BCUT2D eigenvalue weighted by molar-refractivity contribution is 6.32. The Balaban J connectivity index is 1.68. The molecule has 1 aliphatic heterocycles. The van der Waals surface area contributed by atoms with Crippen molar-refractivity contribution in [2.45, 2.75) is 45.6 Å². The fourth-order valence-corrected chi connectivity index (χ4v) is 5.83. The van der Waals surface area contributed by atoms with E-state index in [-0.39, 0.29) is 35.9 Å². The van der Waals surface area contributed by atoms with Gasteiger partial charge in [-0.25, -0.2) is 4.39 Å². The van der Waals surface area contributed by atoms with Crippen molar-refractivity contribution in [3.63, 3.8) is 0 Å². The third kappa shape index (κ3) is 5.03. The van der Waals surface area contributed by atoms with Crippen LogP contribution in [0, 0.1) is 41.1 Å². The van der Waals surface area contributed by atoms with Crippen LogP contribution in [0.1, 0.15) is 47.4 Å². The Labute approximate surface area is 241 Å². The summed E-state index contributed by atoms with van der Waals surface area (Å²) in [6.07, 6.45) is 1.17. The number of para-hydroxylation sites is 1. The van der Waals surface area contributed by atoms with Crippen LogP contribution in [0.5, 0.6) is 5.75 Å². The number of ketones is 1. The number of hydrogen-bond acceptors (Lipinski definition) is 7. The summed E-state index contributed by atoms with van der Waals surface area (Å²) in [7, 11) is 0. The number of nitro groups is 1. The van der Waals surface area contributed by atoms with Crippen LogP contribution in [0.15, 0.2) is 77.3 Å². The van der Waals surface area contributed by atoms with Gasteiger partial charge in [0.2, 0.25) is 0 Å². The van der Waals surface area contributed by atoms with Crippen LogP contribution in [-0.2, 0) is 11.4 Å². The lowest BCUT2D eigenvalue weighted by Crippen LogP contribution is -2.39. The number of halogens is 2. The van der Waals surface area contributed by atoms with Crippen molar-refractivity contribution in [2.24, 2.45) is 5.73 Å². The normalized spacial score (nSPS) is 16.9. The number of carbonyl (C=O) groups is 1. The van der Waals surface area contributed by atoms with Crippen molar-refractivity contribution >= 4 is 28.8 Å². The van der Waals surface area contributed by atoms with E-state index in [1.165, 1.54) is 11.0 Å². The van der Waals surface area contributed by atoms with Gasteiger partial charge in [-0.2, -0.15) is 5.26 Å². The zero-order valence-electron chi connectivity index (χ0n) is 22.4. The molecule has 0 saturated carbocycles. The molecule has 1 unspecified atom stereocenters. The molecule has 0 fully saturated rings. The Morgan fingerprint density at radius 1 is 1.20 bits per heavy atom. The molecule has 10 heteroatoms. The SMILES string of the molecule is Cc1cc(COc2ccccc2Cl)c(C)c(C2C(C#N)=C(N)N(c3ccc(F)cc3[N+](=O)[O-])C3=C2C(=O)CCC3)c1. The number of nitrogens with two attached hydrogens (primary N) is 1. The second kappa shape index (κ2) is 11.1. The molecule has 208 valence electrons. The highest BCUT2D eigenvalue weighted by Gasteiger charge is 2.42. The van der Waals surface area contributed by atoms with Gasteiger partial charge in [0.1, 0.15) is 29.7 Å². The molecular weight excluding hydrogens is 547 g/mol. The van der Waals surface area contributed by atoms with Crippen LogP contribution in [0.25, 0.3) is 0 Å². The highest BCUT2D eigenvalue weighted by Crippen LogP contribution is 2.49. The average Bonchev–Trinajstić information content (AvgIpc) is 2.94. The zero-order chi connectivity index (χ0) is 29.4. The predicted octanol–water partition coefficient (Wildman–Crippen LogP) is 6.89. The molecule has 41 heavy (non-hydrogen) atoms. The van der Waals surface area contributed by atoms with Crippen LogP contribution in [0.4, 0.5) is 15.8 Å². The second-order valence-electron chi connectivity index (χ2n) is 10.1. The van der Waals surface area contributed by atoms with E-state index in [2.05, 4.69) is 6.07 Å². The van der Waals surface area contributed by atoms with E-state index in [4.69, 9.17) is 22.1 Å². The van der Waals surface area contributed by atoms with Crippen molar-refractivity contribution in [1.82, 2.24) is 0 Å². The molecule has 0 amide bonds. The van der Waals surface area contributed by atoms with Crippen LogP contribution < -0.4 is 15.4 Å². The quantitative estimate of drug-likeness (QED) is 0.252. The number of Topliss-reactive ketones (excluding diaryl/α,β-unsaturated/α-hetero) is 1. The van der Waals surface area contributed by atoms with E-state index >= 15 is 0 Å². The molecule has 0 bridgehead atoms. The van der Waals surface area contributed by atoms with Crippen molar-refractivity contribution < 1.29 is 18.8 Å². The average molecular weight is 573 g/mol. The number of allylic oxidation sites excluding steroid dienone is 3. The van der Waals surface area contributed by atoms with Crippen LogP contribution in [0.3, 0.4) is 0 Å². The third-order valence-corrected chi connectivity index (χ3v) is 7.83. The van der Waals surface area contributed by atoms with Crippen molar-refractivity contribution in [1.29, 1.82) is 5.26 Å². The summed E-state index contributed by atoms with van der Waals surface area (Å²) in [6.45, 7) is 4.01. The lowest BCUT2D eigenvalue weighted by Gasteiger charge is -2.39. The molecule has 3 aromatic rings. The summed E-state index contributed by atoms with van der Waals surface area (Å²) in [5, 5.41) is 22.7. The first kappa shape index (κ1) is 27.9. The number of ether oxygens (including phenoxy) is 1. The van der Waals surface area contributed by atoms with Crippen LogP contribution in [-0.4, -0.2) is 10.7 Å². The molecular formula is C31H26ClFN4O4. The number of carbonyl (C=O) groups excluding carboxylic acids is 1. The number of benzene rings is 3. The zero-order valence-corrected chi connectivity index (χ0v) is 23.2. The molecule has 2 N–H and O–H groups in total. The van der Waals surface area contributed by atoms with Gasteiger partial charge >= 0.3 is 0 Å². The van der Waals surface area contributed by atoms with Crippen molar-refractivity contribution in [2.75, 3.05) is 4.90 Å². The Morgan fingerprint density at radius 3 is 2.66 bits per heavy atom. The van der Waals surface area contributed by atoms with E-state index < -0.39 is 22.3 Å². The molecule has 1 aliphatic carbocycles. The second-order valence-corrected chi connectivity index (χ2v) is 10.5. The van der Waals surface area contributed by atoms with E-state index in [1.807, 2.05) is 38.1 Å². The smallest absolute Gasteiger partial charge is 0.296 e. The van der Waals surface area contributed by atoms with Gasteiger partial charge in [-0.15, -0.1) is 0 Å². The first-order valence-corrected chi connectivity index (χ1v) is 13.4. The standard InChI is InChI=1S/C31H26ClFN4O4/c1-17-12-19(16-41-28-9-4-3-6-23(28)32)18(2)21(13-17)29-22(15-34)31(35)36(25-7-5-8-27(38)30(25)29)24-11-10-20(33)14-26(24)37(39)40/h3-4,6,9-14,29H,5,7-8,16,35H2,1-2H3. The number of hydrogen-bond donors (Lipinski definition) is 1. The van der Waals surface area contributed by atoms with Crippen molar-refractivity contribution in [3.05, 3.63) is 120 Å². The van der Waals surface area contributed by atoms with Gasteiger partial charge in [0.05, 0.1) is 33.6 Å². The van der Waals surface area contributed by atoms with E-state index in [9.17, 15) is 24.6 Å². The fraction of sp³-hybridized carbons (Fsp3) is 0.226. The monoisotopic (exact) mass is 572 g/mol. The summed E-state index contributed by atoms with van der Waals surface area (Å²) in [5.74, 6) is -1.23. The Kier molecular flexibility index (Phi) is 7.52. The van der Waals surface area contributed by atoms with Gasteiger partial charge in [0, 0.05) is 17.7 Å². The molecule has 8 nitrogen and oxygen atoms in total. The Morgan fingerprint density at radius 2 is 1.95 bits per heavy atom. The lowest BCUT2D eigenvalue weighted by atomic mass is 9.73. The molecule has 5 rings (SSSR count). The summed E-state index contributed by atoms with van der Waals surface area (Å²) in [5.41, 5.74) is 10.3. The molecule has 0 saturated heterocycles. The van der Waals surface area contributed by atoms with E-state index in [0.29, 0.717) is 34.9 Å². The van der Waals surface area contributed by atoms with Gasteiger partial charge in [-0.05, 0) is 67.6 Å². The van der Waals surface area contributed by atoms with Gasteiger partial charge in [0.25, 0.3) is 5.69 Å². The van der Waals surface area contributed by atoms with Gasteiger partial charge < -0.3 is 10.5 Å². The van der Waals surface area contributed by atoms with Gasteiger partial charge in [-0.1, -0.05) is 41.4 Å². The topological polar surface area (TPSA) is 122 Å². The summed E-state index contributed by atoms with van der Waals surface area (Å²) in [4.78, 5) is 26.1. The number of nitro benzene ring substituents is 1. The van der Waals surface area contributed by atoms with Crippen LogP contribution in [0.2, 0.25) is 5.02 Å². The van der Waals surface area contributed by atoms with Gasteiger partial charge in [-0.3, -0.25) is 19.8 Å². The van der Waals surface area contributed by atoms with Gasteiger partial charge in [0.15, 0.2) is 5.78 Å². The molecule has 1 atom stereocenters. The number of nitrogens with zero attached hydrogens (tertiary/aromatic N) is 3. The minimum Gasteiger partial charge on any atom is -0.487 e. The van der Waals surface area contributed by atoms with E-state index in [1.54, 1.807) is 12.1 Å². The molecule has 0 aromatic heterocycles. The number of rotatable bonds is 6. The Hall–Kier alpha value is -4.68. The minimum absolute atomic E-state index is 0.00269. The molecule has 0 spiro atoms.